The fourth-order valence-corrected chi connectivity index (χ4v) is 1.85. The quantitative estimate of drug-likeness (QED) is 0.791. The normalized spacial score (nSPS) is 10.6. The maximum atomic E-state index is 5.64. The Balaban J connectivity index is 1.77. The van der Waals surface area contributed by atoms with E-state index in [0.717, 1.165) is 30.1 Å². The van der Waals surface area contributed by atoms with Gasteiger partial charge in [0.2, 0.25) is 0 Å². The van der Waals surface area contributed by atoms with Crippen LogP contribution in [0.1, 0.15) is 17.9 Å². The third-order valence-corrected chi connectivity index (χ3v) is 2.95. The molecule has 0 amide bonds. The van der Waals surface area contributed by atoms with Crippen molar-refractivity contribution < 1.29 is 4.74 Å². The van der Waals surface area contributed by atoms with Crippen LogP contribution in [-0.2, 0) is 20.0 Å². The minimum absolute atomic E-state index is 0.532. The van der Waals surface area contributed by atoms with Gasteiger partial charge in [0.1, 0.15) is 11.6 Å². The number of para-hydroxylation sites is 1. The number of benzene rings is 1. The summed E-state index contributed by atoms with van der Waals surface area (Å²) < 4.78 is 7.70. The van der Waals surface area contributed by atoms with Gasteiger partial charge in [-0.15, -0.1) is 0 Å². The molecule has 18 heavy (non-hydrogen) atoms. The molecule has 2 N–H and O–H groups in total. The van der Waals surface area contributed by atoms with Crippen LogP contribution in [-0.4, -0.2) is 16.2 Å². The zero-order chi connectivity index (χ0) is 12.8. The van der Waals surface area contributed by atoms with Crippen molar-refractivity contribution in [2.45, 2.75) is 19.4 Å². The Hall–Kier alpha value is -1.81. The second-order valence-electron chi connectivity index (χ2n) is 4.19. The molecule has 96 valence electrons. The van der Waals surface area contributed by atoms with E-state index in [2.05, 4.69) is 9.55 Å². The zero-order valence-corrected chi connectivity index (χ0v) is 10.7. The Morgan fingerprint density at radius 3 is 2.72 bits per heavy atom. The molecule has 4 heteroatoms. The highest BCUT2D eigenvalue weighted by Gasteiger charge is 2.04. The lowest BCUT2D eigenvalue weighted by Gasteiger charge is -2.06. The first kappa shape index (κ1) is 12.6. The van der Waals surface area contributed by atoms with Crippen LogP contribution >= 0.6 is 0 Å². The lowest BCUT2D eigenvalue weighted by Crippen LogP contribution is -2.07. The molecule has 1 heterocycles. The van der Waals surface area contributed by atoms with Crippen LogP contribution < -0.4 is 10.5 Å². The van der Waals surface area contributed by atoms with Gasteiger partial charge in [-0.2, -0.15) is 0 Å². The molecule has 2 rings (SSSR count). The number of ether oxygens (including phenoxy) is 1. The summed E-state index contributed by atoms with van der Waals surface area (Å²) in [6.07, 6.45) is 3.69. The summed E-state index contributed by atoms with van der Waals surface area (Å²) in [6.45, 7) is 1.23. The minimum Gasteiger partial charge on any atom is -0.494 e. The maximum absolute atomic E-state index is 5.64. The molecule has 4 nitrogen and oxygen atoms in total. The standard InChI is InChI=1S/C14H19N3O/c1-17-12(10-15)11-16-14(17)8-5-9-18-13-6-3-2-4-7-13/h2-4,6-7,11H,5,8-10,15H2,1H3. The summed E-state index contributed by atoms with van der Waals surface area (Å²) in [4.78, 5) is 4.36. The zero-order valence-electron chi connectivity index (χ0n) is 10.7. The third kappa shape index (κ3) is 3.11. The lowest BCUT2D eigenvalue weighted by molar-refractivity contribution is 0.309. The Bertz CT molecular complexity index is 479. The molecule has 0 saturated heterocycles. The molecule has 0 bridgehead atoms. The van der Waals surface area contributed by atoms with Crippen molar-refractivity contribution in [3.63, 3.8) is 0 Å². The van der Waals surface area contributed by atoms with Crippen molar-refractivity contribution in [3.8, 4) is 5.75 Å². The van der Waals surface area contributed by atoms with Crippen LogP contribution in [0.3, 0.4) is 0 Å². The number of aromatic nitrogens is 2. The summed E-state index contributed by atoms with van der Waals surface area (Å²) >= 11 is 0. The molecule has 0 aliphatic carbocycles. The molecule has 1 aromatic carbocycles. The molecule has 0 spiro atoms. The monoisotopic (exact) mass is 245 g/mol. The largest absolute Gasteiger partial charge is 0.494 e. The van der Waals surface area contributed by atoms with E-state index in [4.69, 9.17) is 10.5 Å². The van der Waals surface area contributed by atoms with E-state index in [1.165, 1.54) is 0 Å². The highest BCUT2D eigenvalue weighted by molar-refractivity contribution is 5.20. The second kappa shape index (κ2) is 6.21. The first-order chi connectivity index (χ1) is 8.81. The maximum Gasteiger partial charge on any atom is 0.119 e. The Labute approximate surface area is 107 Å². The highest BCUT2D eigenvalue weighted by atomic mass is 16.5. The van der Waals surface area contributed by atoms with Crippen molar-refractivity contribution in [3.05, 3.63) is 48.0 Å². The molecule has 0 aliphatic heterocycles. The van der Waals surface area contributed by atoms with Gasteiger partial charge in [-0.25, -0.2) is 4.98 Å². The molecular weight excluding hydrogens is 226 g/mol. The number of rotatable bonds is 6. The van der Waals surface area contributed by atoms with Crippen LogP contribution in [0.25, 0.3) is 0 Å². The Morgan fingerprint density at radius 1 is 1.28 bits per heavy atom. The van der Waals surface area contributed by atoms with E-state index in [1.807, 2.05) is 43.6 Å². The van der Waals surface area contributed by atoms with Gasteiger partial charge in [-0.05, 0) is 18.6 Å². The van der Waals surface area contributed by atoms with Crippen molar-refractivity contribution in [2.75, 3.05) is 6.61 Å². The van der Waals surface area contributed by atoms with E-state index in [0.29, 0.717) is 13.2 Å². The van der Waals surface area contributed by atoms with Crippen LogP contribution in [0.2, 0.25) is 0 Å². The summed E-state index contributed by atoms with van der Waals surface area (Å²) in [5.41, 5.74) is 6.67. The number of nitrogens with zero attached hydrogens (tertiary/aromatic N) is 2. The number of aryl methyl sites for hydroxylation is 1. The van der Waals surface area contributed by atoms with Crippen LogP contribution in [0.15, 0.2) is 36.5 Å². The molecule has 0 atom stereocenters. The molecular formula is C14H19N3O. The van der Waals surface area contributed by atoms with E-state index in [-0.39, 0.29) is 0 Å². The minimum atomic E-state index is 0.532. The third-order valence-electron chi connectivity index (χ3n) is 2.95. The molecule has 0 radical (unpaired) electrons. The van der Waals surface area contributed by atoms with E-state index >= 15 is 0 Å². The van der Waals surface area contributed by atoms with Gasteiger partial charge in [-0.1, -0.05) is 18.2 Å². The number of imidazole rings is 1. The molecule has 0 unspecified atom stereocenters. The first-order valence-electron chi connectivity index (χ1n) is 6.18. The second-order valence-corrected chi connectivity index (χ2v) is 4.19. The highest BCUT2D eigenvalue weighted by Crippen LogP contribution is 2.10. The fourth-order valence-electron chi connectivity index (χ4n) is 1.85. The predicted molar refractivity (Wildman–Crippen MR) is 71.4 cm³/mol. The van der Waals surface area contributed by atoms with E-state index < -0.39 is 0 Å². The summed E-state index contributed by atoms with van der Waals surface area (Å²) in [7, 11) is 2.00. The van der Waals surface area contributed by atoms with Crippen LogP contribution in [0, 0.1) is 0 Å². The van der Waals surface area contributed by atoms with Gasteiger partial charge in [0.15, 0.2) is 0 Å². The summed E-state index contributed by atoms with van der Waals surface area (Å²) in [5.74, 6) is 1.98. The topological polar surface area (TPSA) is 53.1 Å². The lowest BCUT2D eigenvalue weighted by atomic mass is 10.3. The Kier molecular flexibility index (Phi) is 4.36. The van der Waals surface area contributed by atoms with Gasteiger partial charge in [0, 0.05) is 26.2 Å². The average molecular weight is 245 g/mol. The van der Waals surface area contributed by atoms with E-state index in [1.54, 1.807) is 0 Å². The van der Waals surface area contributed by atoms with Gasteiger partial charge >= 0.3 is 0 Å². The smallest absolute Gasteiger partial charge is 0.119 e. The fraction of sp³-hybridized carbons (Fsp3) is 0.357. The van der Waals surface area contributed by atoms with E-state index in [9.17, 15) is 0 Å². The predicted octanol–water partition coefficient (Wildman–Crippen LogP) is 1.89. The van der Waals surface area contributed by atoms with Crippen molar-refractivity contribution >= 4 is 0 Å². The number of hydrogen-bond acceptors (Lipinski definition) is 3. The molecule has 0 saturated carbocycles. The van der Waals surface area contributed by atoms with Crippen molar-refractivity contribution in [1.29, 1.82) is 0 Å². The Morgan fingerprint density at radius 2 is 2.06 bits per heavy atom. The van der Waals surface area contributed by atoms with Gasteiger partial charge in [0.25, 0.3) is 0 Å². The molecule has 2 aromatic rings. The van der Waals surface area contributed by atoms with Gasteiger partial charge < -0.3 is 15.0 Å². The molecule has 0 aliphatic rings. The first-order valence-corrected chi connectivity index (χ1v) is 6.18. The number of hydrogen-bond donors (Lipinski definition) is 1. The SMILES string of the molecule is Cn1c(CN)cnc1CCCOc1ccccc1. The van der Waals surface area contributed by atoms with Gasteiger partial charge in [-0.3, -0.25) is 0 Å². The summed E-state index contributed by atoms with van der Waals surface area (Å²) in [5, 5.41) is 0. The molecule has 0 fully saturated rings. The van der Waals surface area contributed by atoms with Crippen molar-refractivity contribution in [2.24, 2.45) is 12.8 Å². The van der Waals surface area contributed by atoms with Gasteiger partial charge in [0.05, 0.1) is 12.3 Å². The van der Waals surface area contributed by atoms with Crippen LogP contribution in [0.5, 0.6) is 5.75 Å². The van der Waals surface area contributed by atoms with Crippen molar-refractivity contribution in [1.82, 2.24) is 9.55 Å². The molecule has 1 aromatic heterocycles. The average Bonchev–Trinajstić information content (AvgIpc) is 2.77. The summed E-state index contributed by atoms with van der Waals surface area (Å²) in [6, 6.07) is 9.86. The van der Waals surface area contributed by atoms with Crippen LogP contribution in [0.4, 0.5) is 0 Å². The number of nitrogens with two attached hydrogens (primary N) is 1.